The smallest absolute Gasteiger partial charge is 0.271 e. The largest absolute Gasteiger partial charge is 0.330 e. The minimum absolute atomic E-state index is 0.0431. The molecule has 0 amide bonds. The monoisotopic (exact) mass is 281 g/mol. The number of non-ortho nitro benzene ring substituents is 1. The number of nitrogens with zero attached hydrogens (tertiary/aromatic N) is 4. The van der Waals surface area contributed by atoms with E-state index in [4.69, 9.17) is 17.3 Å². The Morgan fingerprint density at radius 3 is 2.95 bits per heavy atom. The lowest BCUT2D eigenvalue weighted by Crippen LogP contribution is -2.00. The number of hydrogen-bond donors (Lipinski definition) is 1. The number of hydrogen-bond acceptors (Lipinski definition) is 5. The van der Waals surface area contributed by atoms with E-state index in [0.717, 1.165) is 12.1 Å². The van der Waals surface area contributed by atoms with Crippen molar-refractivity contribution in [1.29, 1.82) is 0 Å². The topological polar surface area (TPSA) is 99.9 Å². The molecule has 0 saturated carbocycles. The fraction of sp³-hybridized carbons (Fsp3) is 0.273. The second kappa shape index (κ2) is 5.77. The molecule has 0 aliphatic carbocycles. The van der Waals surface area contributed by atoms with E-state index >= 15 is 0 Å². The summed E-state index contributed by atoms with van der Waals surface area (Å²) in [6.45, 7) is 0.574. The molecule has 1 heterocycles. The third kappa shape index (κ3) is 3.07. The standard InChI is InChI=1S/C11H12ClN5O2/c12-10-4-3-9(17(18)19)6-11(10)16-7-8(14-15-16)2-1-5-13/h3-4,6-7H,1-2,5,13H2. The van der Waals surface area contributed by atoms with Gasteiger partial charge in [0.25, 0.3) is 5.69 Å². The number of aryl methyl sites for hydroxylation is 1. The molecular weight excluding hydrogens is 270 g/mol. The van der Waals surface area contributed by atoms with E-state index in [1.165, 1.54) is 22.9 Å². The zero-order valence-corrected chi connectivity index (χ0v) is 10.7. The van der Waals surface area contributed by atoms with Crippen LogP contribution in [0.1, 0.15) is 12.1 Å². The highest BCUT2D eigenvalue weighted by molar-refractivity contribution is 6.32. The van der Waals surface area contributed by atoms with Crippen molar-refractivity contribution in [2.75, 3.05) is 6.54 Å². The van der Waals surface area contributed by atoms with E-state index in [-0.39, 0.29) is 5.69 Å². The second-order valence-corrected chi connectivity index (χ2v) is 4.35. The minimum Gasteiger partial charge on any atom is -0.330 e. The number of rotatable bonds is 5. The molecule has 2 N–H and O–H groups in total. The average Bonchev–Trinajstić information content (AvgIpc) is 2.85. The Balaban J connectivity index is 2.32. The quantitative estimate of drug-likeness (QED) is 0.664. The number of nitro benzene ring substituents is 1. The van der Waals surface area contributed by atoms with Crippen molar-refractivity contribution < 1.29 is 4.92 Å². The molecule has 7 nitrogen and oxygen atoms in total. The van der Waals surface area contributed by atoms with Crippen molar-refractivity contribution in [3.63, 3.8) is 0 Å². The van der Waals surface area contributed by atoms with Gasteiger partial charge in [-0.15, -0.1) is 5.10 Å². The molecule has 1 aromatic heterocycles. The van der Waals surface area contributed by atoms with Gasteiger partial charge in [-0.1, -0.05) is 16.8 Å². The molecule has 0 unspecified atom stereocenters. The lowest BCUT2D eigenvalue weighted by molar-refractivity contribution is -0.384. The van der Waals surface area contributed by atoms with Crippen molar-refractivity contribution in [3.05, 3.63) is 45.2 Å². The van der Waals surface area contributed by atoms with Gasteiger partial charge in [-0.2, -0.15) is 0 Å². The van der Waals surface area contributed by atoms with Gasteiger partial charge in [0.15, 0.2) is 0 Å². The Hall–Kier alpha value is -1.99. The van der Waals surface area contributed by atoms with Crippen LogP contribution < -0.4 is 5.73 Å². The van der Waals surface area contributed by atoms with Crippen LogP contribution in [0.4, 0.5) is 5.69 Å². The molecule has 8 heteroatoms. The molecule has 0 aliphatic heterocycles. The van der Waals surface area contributed by atoms with Crippen molar-refractivity contribution in [1.82, 2.24) is 15.0 Å². The van der Waals surface area contributed by atoms with Crippen LogP contribution in [0, 0.1) is 10.1 Å². The maximum atomic E-state index is 10.7. The van der Waals surface area contributed by atoms with Crippen LogP contribution in [0.3, 0.4) is 0 Å². The Labute approximate surface area is 114 Å². The predicted octanol–water partition coefficient (Wildman–Crippen LogP) is 1.72. The van der Waals surface area contributed by atoms with Crippen LogP contribution in [0.5, 0.6) is 0 Å². The van der Waals surface area contributed by atoms with Crippen molar-refractivity contribution in [3.8, 4) is 5.69 Å². The number of halogens is 1. The summed E-state index contributed by atoms with van der Waals surface area (Å²) in [4.78, 5) is 10.3. The van der Waals surface area contributed by atoms with Crippen LogP contribution in [-0.4, -0.2) is 26.5 Å². The van der Waals surface area contributed by atoms with Crippen LogP contribution in [0.25, 0.3) is 5.69 Å². The summed E-state index contributed by atoms with van der Waals surface area (Å²) in [6.07, 6.45) is 3.21. The van der Waals surface area contributed by atoms with E-state index < -0.39 is 4.92 Å². The summed E-state index contributed by atoms with van der Waals surface area (Å²) in [5, 5.41) is 19.0. The highest BCUT2D eigenvalue weighted by Crippen LogP contribution is 2.24. The second-order valence-electron chi connectivity index (χ2n) is 3.94. The first-order valence-electron chi connectivity index (χ1n) is 5.67. The molecule has 0 radical (unpaired) electrons. The van der Waals surface area contributed by atoms with Crippen molar-refractivity contribution in [2.24, 2.45) is 5.73 Å². The highest BCUT2D eigenvalue weighted by Gasteiger charge is 2.12. The predicted molar refractivity (Wildman–Crippen MR) is 70.4 cm³/mol. The lowest BCUT2D eigenvalue weighted by Gasteiger charge is -2.02. The summed E-state index contributed by atoms with van der Waals surface area (Å²) in [5.41, 5.74) is 6.58. The van der Waals surface area contributed by atoms with Gasteiger partial charge >= 0.3 is 0 Å². The number of nitrogens with two attached hydrogens (primary N) is 1. The summed E-state index contributed by atoms with van der Waals surface area (Å²) >= 11 is 6.02. The Bertz CT molecular complexity index is 599. The highest BCUT2D eigenvalue weighted by atomic mass is 35.5. The fourth-order valence-corrected chi connectivity index (χ4v) is 1.81. The zero-order valence-electron chi connectivity index (χ0n) is 9.99. The Morgan fingerprint density at radius 2 is 2.26 bits per heavy atom. The van der Waals surface area contributed by atoms with E-state index in [1.807, 2.05) is 0 Å². The maximum absolute atomic E-state index is 10.7. The van der Waals surface area contributed by atoms with Gasteiger partial charge < -0.3 is 5.73 Å². The normalized spacial score (nSPS) is 10.6. The average molecular weight is 282 g/mol. The molecule has 2 rings (SSSR count). The first kappa shape index (κ1) is 13.4. The van der Waals surface area contributed by atoms with Crippen LogP contribution >= 0.6 is 11.6 Å². The van der Waals surface area contributed by atoms with Gasteiger partial charge in [0.1, 0.15) is 0 Å². The molecule has 0 saturated heterocycles. The van der Waals surface area contributed by atoms with Crippen LogP contribution in [-0.2, 0) is 6.42 Å². The number of aromatic nitrogens is 3. The third-order valence-electron chi connectivity index (χ3n) is 2.57. The first-order valence-corrected chi connectivity index (χ1v) is 6.05. The van der Waals surface area contributed by atoms with Gasteiger partial charge in [0.2, 0.25) is 0 Å². The zero-order chi connectivity index (χ0) is 13.8. The van der Waals surface area contributed by atoms with Gasteiger partial charge in [-0.25, -0.2) is 4.68 Å². The Morgan fingerprint density at radius 1 is 1.47 bits per heavy atom. The summed E-state index contributed by atoms with van der Waals surface area (Å²) in [7, 11) is 0. The summed E-state index contributed by atoms with van der Waals surface area (Å²) in [6, 6.07) is 4.18. The lowest BCUT2D eigenvalue weighted by atomic mass is 10.2. The molecule has 19 heavy (non-hydrogen) atoms. The molecule has 1 aromatic carbocycles. The van der Waals surface area contributed by atoms with E-state index in [0.29, 0.717) is 23.7 Å². The molecule has 100 valence electrons. The Kier molecular flexibility index (Phi) is 4.08. The molecule has 0 aliphatic rings. The molecular formula is C11H12ClN5O2. The van der Waals surface area contributed by atoms with Gasteiger partial charge in [0, 0.05) is 12.1 Å². The maximum Gasteiger partial charge on any atom is 0.271 e. The van der Waals surface area contributed by atoms with E-state index in [9.17, 15) is 10.1 Å². The van der Waals surface area contributed by atoms with E-state index in [2.05, 4.69) is 10.3 Å². The molecule has 2 aromatic rings. The van der Waals surface area contributed by atoms with Crippen molar-refractivity contribution in [2.45, 2.75) is 12.8 Å². The number of nitro groups is 1. The van der Waals surface area contributed by atoms with Gasteiger partial charge in [-0.05, 0) is 25.5 Å². The molecule has 0 bridgehead atoms. The summed E-state index contributed by atoms with van der Waals surface area (Å²) in [5.74, 6) is 0. The third-order valence-corrected chi connectivity index (χ3v) is 2.88. The SMILES string of the molecule is NCCCc1cn(-c2cc([N+](=O)[O-])ccc2Cl)nn1. The van der Waals surface area contributed by atoms with Crippen LogP contribution in [0.2, 0.25) is 5.02 Å². The van der Waals surface area contributed by atoms with Crippen molar-refractivity contribution >= 4 is 17.3 Å². The molecule has 0 atom stereocenters. The fourth-order valence-electron chi connectivity index (χ4n) is 1.60. The van der Waals surface area contributed by atoms with Gasteiger partial charge in [0.05, 0.1) is 27.5 Å². The summed E-state index contributed by atoms with van der Waals surface area (Å²) < 4.78 is 1.43. The van der Waals surface area contributed by atoms with Gasteiger partial charge in [-0.3, -0.25) is 10.1 Å². The minimum atomic E-state index is -0.480. The van der Waals surface area contributed by atoms with Crippen LogP contribution in [0.15, 0.2) is 24.4 Å². The number of benzene rings is 1. The first-order chi connectivity index (χ1) is 9.11. The molecule has 0 fully saturated rings. The van der Waals surface area contributed by atoms with E-state index in [1.54, 1.807) is 6.20 Å². The molecule has 0 spiro atoms.